The minimum Gasteiger partial charge on any atom is -0.398 e. The first kappa shape index (κ1) is 15.9. The van der Waals surface area contributed by atoms with Crippen LogP contribution in [-0.2, 0) is 13.0 Å². The maximum atomic E-state index is 9.69. The largest absolute Gasteiger partial charge is 0.398 e. The van der Waals surface area contributed by atoms with Crippen molar-refractivity contribution in [2.45, 2.75) is 19.1 Å². The van der Waals surface area contributed by atoms with Crippen LogP contribution in [0.25, 0.3) is 0 Å². The first-order valence-electron chi connectivity index (χ1n) is 7.06. The summed E-state index contributed by atoms with van der Waals surface area (Å²) in [7, 11) is 0. The zero-order chi connectivity index (χ0) is 16.1. The molecule has 0 aliphatic carbocycles. The normalized spacial score (nSPS) is 12.1. The van der Waals surface area contributed by atoms with Gasteiger partial charge < -0.3 is 32.7 Å². The molecule has 0 saturated carbocycles. The molecule has 118 valence electrons. The molecule has 0 bridgehead atoms. The molecule has 0 amide bonds. The van der Waals surface area contributed by atoms with Crippen LogP contribution in [0.4, 0.5) is 22.7 Å². The van der Waals surface area contributed by atoms with E-state index in [-0.39, 0.29) is 13.0 Å². The highest BCUT2D eigenvalue weighted by atomic mass is 16.3. The summed E-state index contributed by atoms with van der Waals surface area (Å²) >= 11 is 0. The molecule has 0 aromatic heterocycles. The van der Waals surface area contributed by atoms with Crippen LogP contribution in [0, 0.1) is 0 Å². The van der Waals surface area contributed by atoms with E-state index in [1.807, 2.05) is 24.3 Å². The third-order valence-corrected chi connectivity index (χ3v) is 3.57. The van der Waals surface area contributed by atoms with Crippen LogP contribution in [0.3, 0.4) is 0 Å². The van der Waals surface area contributed by atoms with Gasteiger partial charge in [-0.3, -0.25) is 0 Å². The zero-order valence-electron chi connectivity index (χ0n) is 12.3. The number of aliphatic hydroxyl groups is 2. The highest BCUT2D eigenvalue weighted by Crippen LogP contribution is 2.27. The van der Waals surface area contributed by atoms with Crippen molar-refractivity contribution < 1.29 is 10.2 Å². The average Bonchev–Trinajstić information content (AvgIpc) is 2.51. The fourth-order valence-electron chi connectivity index (χ4n) is 2.32. The molecule has 2 aromatic carbocycles. The maximum absolute atomic E-state index is 9.69. The van der Waals surface area contributed by atoms with Crippen LogP contribution in [0.1, 0.15) is 11.1 Å². The maximum Gasteiger partial charge on any atom is 0.0812 e. The summed E-state index contributed by atoms with van der Waals surface area (Å²) in [4.78, 5) is 0. The lowest BCUT2D eigenvalue weighted by Crippen LogP contribution is -2.19. The van der Waals surface area contributed by atoms with Crippen LogP contribution in [0.2, 0.25) is 0 Å². The summed E-state index contributed by atoms with van der Waals surface area (Å²) in [6.45, 7) is 0.102. The van der Waals surface area contributed by atoms with Gasteiger partial charge in [0.2, 0.25) is 0 Å². The number of nitrogens with two attached hydrogens (primary N) is 3. The van der Waals surface area contributed by atoms with Gasteiger partial charge in [0.15, 0.2) is 0 Å². The SMILES string of the molecule is Nc1ccccc1NCc1c(N)ccc(N)c1CC(O)CO. The van der Waals surface area contributed by atoms with E-state index in [0.717, 1.165) is 16.8 Å². The molecule has 0 aliphatic rings. The van der Waals surface area contributed by atoms with Gasteiger partial charge in [-0.15, -0.1) is 0 Å². The number of benzene rings is 2. The van der Waals surface area contributed by atoms with Crippen molar-refractivity contribution in [1.29, 1.82) is 0 Å². The number of hydrogen-bond acceptors (Lipinski definition) is 6. The van der Waals surface area contributed by atoms with Crippen LogP contribution in [0.5, 0.6) is 0 Å². The molecule has 6 nitrogen and oxygen atoms in total. The van der Waals surface area contributed by atoms with Crippen molar-refractivity contribution in [3.63, 3.8) is 0 Å². The van der Waals surface area contributed by atoms with Crippen molar-refractivity contribution >= 4 is 22.7 Å². The summed E-state index contributed by atoms with van der Waals surface area (Å²) in [6, 6.07) is 10.9. The summed E-state index contributed by atoms with van der Waals surface area (Å²) in [6.07, 6.45) is -0.626. The Hall–Kier alpha value is -2.44. The quantitative estimate of drug-likeness (QED) is 0.440. The van der Waals surface area contributed by atoms with E-state index in [9.17, 15) is 5.11 Å². The molecule has 0 aliphatic heterocycles. The Kier molecular flexibility index (Phi) is 5.08. The topological polar surface area (TPSA) is 131 Å². The lowest BCUT2D eigenvalue weighted by atomic mass is 9.98. The predicted octanol–water partition coefficient (Wildman–Crippen LogP) is 0.941. The summed E-state index contributed by atoms with van der Waals surface area (Å²) in [5, 5.41) is 22.0. The second-order valence-corrected chi connectivity index (χ2v) is 5.18. The molecule has 2 rings (SSSR count). The van der Waals surface area contributed by atoms with E-state index in [1.54, 1.807) is 12.1 Å². The van der Waals surface area contributed by atoms with Gasteiger partial charge in [0.05, 0.1) is 24.1 Å². The van der Waals surface area contributed by atoms with E-state index in [4.69, 9.17) is 22.3 Å². The van der Waals surface area contributed by atoms with Gasteiger partial charge in [0.1, 0.15) is 0 Å². The van der Waals surface area contributed by atoms with Crippen LogP contribution >= 0.6 is 0 Å². The van der Waals surface area contributed by atoms with Gasteiger partial charge in [-0.05, 0) is 35.4 Å². The van der Waals surface area contributed by atoms with Crippen molar-refractivity contribution in [1.82, 2.24) is 0 Å². The molecule has 9 N–H and O–H groups in total. The number of anilines is 4. The first-order chi connectivity index (χ1) is 10.5. The molecular weight excluding hydrogens is 280 g/mol. The Morgan fingerprint density at radius 1 is 0.909 bits per heavy atom. The third kappa shape index (κ3) is 3.60. The molecule has 1 atom stereocenters. The Morgan fingerprint density at radius 2 is 1.55 bits per heavy atom. The fourth-order valence-corrected chi connectivity index (χ4v) is 2.32. The second kappa shape index (κ2) is 7.02. The van der Waals surface area contributed by atoms with Gasteiger partial charge >= 0.3 is 0 Å². The Bertz CT molecular complexity index is 646. The second-order valence-electron chi connectivity index (χ2n) is 5.18. The summed E-state index contributed by atoms with van der Waals surface area (Å²) in [5.74, 6) is 0. The minimum atomic E-state index is -0.871. The highest BCUT2D eigenvalue weighted by molar-refractivity contribution is 5.68. The van der Waals surface area contributed by atoms with E-state index in [2.05, 4.69) is 5.32 Å². The molecule has 0 spiro atoms. The predicted molar refractivity (Wildman–Crippen MR) is 90.2 cm³/mol. The molecule has 1 unspecified atom stereocenters. The van der Waals surface area contributed by atoms with Gasteiger partial charge in [-0.2, -0.15) is 0 Å². The average molecular weight is 302 g/mol. The third-order valence-electron chi connectivity index (χ3n) is 3.57. The monoisotopic (exact) mass is 302 g/mol. The standard InChI is InChI=1S/C16H22N4O2/c17-13-5-6-14(18)12(11(13)7-10(22)9-21)8-20-16-4-2-1-3-15(16)19/h1-6,10,20-22H,7-9,17-19H2. The van der Waals surface area contributed by atoms with Crippen LogP contribution in [0.15, 0.2) is 36.4 Å². The number of nitrogens with one attached hydrogen (secondary N) is 1. The molecule has 0 saturated heterocycles. The van der Waals surface area contributed by atoms with E-state index >= 15 is 0 Å². The Morgan fingerprint density at radius 3 is 2.18 bits per heavy atom. The van der Waals surface area contributed by atoms with Crippen molar-refractivity contribution in [2.24, 2.45) is 0 Å². The van der Waals surface area contributed by atoms with E-state index < -0.39 is 6.10 Å². The van der Waals surface area contributed by atoms with Crippen LogP contribution < -0.4 is 22.5 Å². The molecule has 22 heavy (non-hydrogen) atoms. The van der Waals surface area contributed by atoms with Gasteiger partial charge in [0.25, 0.3) is 0 Å². The first-order valence-corrected chi connectivity index (χ1v) is 7.06. The van der Waals surface area contributed by atoms with Gasteiger partial charge in [-0.25, -0.2) is 0 Å². The zero-order valence-corrected chi connectivity index (χ0v) is 12.3. The van der Waals surface area contributed by atoms with Crippen molar-refractivity contribution in [3.05, 3.63) is 47.5 Å². The van der Waals surface area contributed by atoms with Gasteiger partial charge in [-0.1, -0.05) is 12.1 Å². The molecule has 6 heteroatoms. The molecule has 0 heterocycles. The number of hydrogen-bond donors (Lipinski definition) is 6. The molecule has 0 fully saturated rings. The highest BCUT2D eigenvalue weighted by Gasteiger charge is 2.14. The molecular formula is C16H22N4O2. The van der Waals surface area contributed by atoms with E-state index in [1.165, 1.54) is 0 Å². The van der Waals surface area contributed by atoms with Gasteiger partial charge in [0, 0.05) is 24.3 Å². The number of para-hydroxylation sites is 2. The Labute approximate surface area is 129 Å². The van der Waals surface area contributed by atoms with Crippen molar-refractivity contribution in [3.8, 4) is 0 Å². The van der Waals surface area contributed by atoms with E-state index in [0.29, 0.717) is 23.6 Å². The van der Waals surface area contributed by atoms with Crippen molar-refractivity contribution in [2.75, 3.05) is 29.1 Å². The van der Waals surface area contributed by atoms with Crippen LogP contribution in [-0.4, -0.2) is 22.9 Å². The lowest BCUT2D eigenvalue weighted by Gasteiger charge is -2.18. The fraction of sp³-hybridized carbons (Fsp3) is 0.250. The summed E-state index contributed by atoms with van der Waals surface area (Å²) < 4.78 is 0. The summed E-state index contributed by atoms with van der Waals surface area (Å²) in [5.41, 5.74) is 22.0. The number of rotatable bonds is 6. The molecule has 0 radical (unpaired) electrons. The Balaban J connectivity index is 2.26. The lowest BCUT2D eigenvalue weighted by molar-refractivity contribution is 0.0955. The minimum absolute atomic E-state index is 0.245. The number of nitrogen functional groups attached to an aromatic ring is 3. The number of aliphatic hydroxyl groups excluding tert-OH is 2. The smallest absolute Gasteiger partial charge is 0.0812 e. The molecule has 2 aromatic rings.